The van der Waals surface area contributed by atoms with Crippen LogP contribution in [0.3, 0.4) is 0 Å². The molecule has 0 aliphatic carbocycles. The first kappa shape index (κ1) is 12.0. The minimum atomic E-state index is 0.137. The van der Waals surface area contributed by atoms with Crippen molar-refractivity contribution in [3.8, 4) is 0 Å². The molecule has 1 amide bonds. The van der Waals surface area contributed by atoms with Crippen LogP contribution in [0.4, 0.5) is 0 Å². The smallest absolute Gasteiger partial charge is 0.221 e. The second-order valence-electron chi connectivity index (χ2n) is 4.19. The molecule has 0 bridgehead atoms. The highest BCUT2D eigenvalue weighted by molar-refractivity contribution is 5.76. The van der Waals surface area contributed by atoms with Gasteiger partial charge in [0.1, 0.15) is 0 Å². The summed E-state index contributed by atoms with van der Waals surface area (Å²) in [7, 11) is 0. The van der Waals surface area contributed by atoms with Crippen LogP contribution in [0.5, 0.6) is 0 Å². The number of aromatic nitrogens is 1. The van der Waals surface area contributed by atoms with E-state index in [4.69, 9.17) is 5.73 Å². The second-order valence-corrected chi connectivity index (χ2v) is 4.19. The number of hydrogen-bond acceptors (Lipinski definition) is 4. The van der Waals surface area contributed by atoms with Crippen LogP contribution in [0.15, 0.2) is 18.3 Å². The highest BCUT2D eigenvalue weighted by atomic mass is 16.1. The zero-order valence-electron chi connectivity index (χ0n) is 9.85. The summed E-state index contributed by atoms with van der Waals surface area (Å²) >= 11 is 0. The summed E-state index contributed by atoms with van der Waals surface area (Å²) in [4.78, 5) is 17.8. The van der Waals surface area contributed by atoms with E-state index < -0.39 is 0 Å². The van der Waals surface area contributed by atoms with E-state index in [9.17, 15) is 4.79 Å². The van der Waals surface area contributed by atoms with Crippen LogP contribution in [0.1, 0.15) is 17.7 Å². The van der Waals surface area contributed by atoms with Gasteiger partial charge in [0, 0.05) is 45.3 Å². The third kappa shape index (κ3) is 3.25. The Kier molecular flexibility index (Phi) is 4.06. The Morgan fingerprint density at radius 1 is 1.47 bits per heavy atom. The summed E-state index contributed by atoms with van der Waals surface area (Å²) in [6.45, 7) is 3.67. The lowest BCUT2D eigenvalue weighted by Crippen LogP contribution is -2.28. The van der Waals surface area contributed by atoms with Crippen molar-refractivity contribution in [2.75, 3.05) is 19.6 Å². The normalized spacial score (nSPS) is 17.6. The number of nitrogens with zero attached hydrogens (tertiary/aromatic N) is 2. The Hall–Kier alpha value is -1.46. The lowest BCUT2D eigenvalue weighted by atomic mass is 10.1. The molecular weight excluding hydrogens is 216 g/mol. The van der Waals surface area contributed by atoms with E-state index in [1.54, 1.807) is 6.20 Å². The quantitative estimate of drug-likeness (QED) is 0.764. The molecule has 0 saturated carbocycles. The molecular formula is C12H18N4O. The van der Waals surface area contributed by atoms with Gasteiger partial charge in [0.2, 0.25) is 5.91 Å². The number of carbonyl (C=O) groups excluding carboxylic acids is 1. The van der Waals surface area contributed by atoms with Gasteiger partial charge in [-0.15, -0.1) is 0 Å². The predicted octanol–water partition coefficient (Wildman–Crippen LogP) is -0.138. The average Bonchev–Trinajstić information content (AvgIpc) is 2.55. The summed E-state index contributed by atoms with van der Waals surface area (Å²) in [6, 6.07) is 3.98. The van der Waals surface area contributed by atoms with Crippen LogP contribution < -0.4 is 11.1 Å². The van der Waals surface area contributed by atoms with Crippen LogP contribution in [0.25, 0.3) is 0 Å². The molecule has 1 aliphatic rings. The lowest BCUT2D eigenvalue weighted by molar-refractivity contribution is -0.120. The lowest BCUT2D eigenvalue weighted by Gasteiger charge is -2.20. The fourth-order valence-electron chi connectivity index (χ4n) is 2.01. The van der Waals surface area contributed by atoms with E-state index in [0.29, 0.717) is 13.0 Å². The van der Waals surface area contributed by atoms with Gasteiger partial charge in [0.15, 0.2) is 0 Å². The molecule has 17 heavy (non-hydrogen) atoms. The molecule has 1 aromatic heterocycles. The van der Waals surface area contributed by atoms with Gasteiger partial charge in [0.05, 0.1) is 5.69 Å². The second kappa shape index (κ2) is 5.75. The SMILES string of the molecule is NCc1ncccc1CN1CCNC(=O)CC1. The molecule has 92 valence electrons. The van der Waals surface area contributed by atoms with E-state index in [1.165, 1.54) is 0 Å². The molecule has 1 aliphatic heterocycles. The maximum absolute atomic E-state index is 11.2. The first-order chi connectivity index (χ1) is 8.29. The standard InChI is InChI=1S/C12H18N4O/c13-8-11-10(2-1-4-14-11)9-16-6-3-12(17)15-5-7-16/h1-2,4H,3,5-9,13H2,(H,15,17). The molecule has 1 fully saturated rings. The number of pyridine rings is 1. The molecule has 5 nitrogen and oxygen atoms in total. The minimum absolute atomic E-state index is 0.137. The number of amides is 1. The maximum Gasteiger partial charge on any atom is 0.221 e. The zero-order valence-corrected chi connectivity index (χ0v) is 9.85. The van der Waals surface area contributed by atoms with Crippen molar-refractivity contribution in [2.24, 2.45) is 5.73 Å². The number of carbonyl (C=O) groups is 1. The molecule has 1 aromatic rings. The van der Waals surface area contributed by atoms with Gasteiger partial charge in [-0.05, 0) is 11.6 Å². The largest absolute Gasteiger partial charge is 0.355 e. The molecule has 3 N–H and O–H groups in total. The highest BCUT2D eigenvalue weighted by Crippen LogP contribution is 2.09. The molecule has 0 spiro atoms. The van der Waals surface area contributed by atoms with Gasteiger partial charge >= 0.3 is 0 Å². The topological polar surface area (TPSA) is 71.2 Å². The van der Waals surface area contributed by atoms with Crippen molar-refractivity contribution in [3.05, 3.63) is 29.6 Å². The van der Waals surface area contributed by atoms with E-state index in [2.05, 4.69) is 21.3 Å². The van der Waals surface area contributed by atoms with Gasteiger partial charge < -0.3 is 11.1 Å². The molecule has 0 unspecified atom stereocenters. The van der Waals surface area contributed by atoms with E-state index in [-0.39, 0.29) is 5.91 Å². The molecule has 0 radical (unpaired) electrons. The maximum atomic E-state index is 11.2. The fourth-order valence-corrected chi connectivity index (χ4v) is 2.01. The number of nitrogens with two attached hydrogens (primary N) is 1. The van der Waals surface area contributed by atoms with E-state index in [1.807, 2.05) is 6.07 Å². The molecule has 1 saturated heterocycles. The van der Waals surface area contributed by atoms with Crippen LogP contribution in [-0.2, 0) is 17.9 Å². The average molecular weight is 234 g/mol. The van der Waals surface area contributed by atoms with Crippen molar-refractivity contribution in [1.82, 2.24) is 15.2 Å². The third-order valence-electron chi connectivity index (χ3n) is 2.98. The fraction of sp³-hybridized carbons (Fsp3) is 0.500. The third-order valence-corrected chi connectivity index (χ3v) is 2.98. The summed E-state index contributed by atoms with van der Waals surface area (Å²) in [5, 5.41) is 2.87. The van der Waals surface area contributed by atoms with Crippen LogP contribution in [0.2, 0.25) is 0 Å². The molecule has 2 heterocycles. The Balaban J connectivity index is 2.02. The van der Waals surface area contributed by atoms with Gasteiger partial charge in [0.25, 0.3) is 0 Å². The summed E-state index contributed by atoms with van der Waals surface area (Å²) < 4.78 is 0. The molecule has 0 atom stereocenters. The molecule has 5 heteroatoms. The van der Waals surface area contributed by atoms with Gasteiger partial charge in [-0.3, -0.25) is 14.7 Å². The van der Waals surface area contributed by atoms with Gasteiger partial charge in [-0.2, -0.15) is 0 Å². The molecule has 2 rings (SSSR count). The van der Waals surface area contributed by atoms with Crippen molar-refractivity contribution in [3.63, 3.8) is 0 Å². The van der Waals surface area contributed by atoms with E-state index in [0.717, 1.165) is 37.4 Å². The van der Waals surface area contributed by atoms with E-state index >= 15 is 0 Å². The zero-order chi connectivity index (χ0) is 12.1. The van der Waals surface area contributed by atoms with Gasteiger partial charge in [-0.1, -0.05) is 6.07 Å². The van der Waals surface area contributed by atoms with Crippen LogP contribution in [0, 0.1) is 0 Å². The number of rotatable bonds is 3. The Bertz CT molecular complexity index is 394. The van der Waals surface area contributed by atoms with Crippen LogP contribution >= 0.6 is 0 Å². The Labute approximate surface area is 101 Å². The van der Waals surface area contributed by atoms with Crippen molar-refractivity contribution < 1.29 is 4.79 Å². The van der Waals surface area contributed by atoms with Crippen molar-refractivity contribution in [1.29, 1.82) is 0 Å². The molecule has 0 aromatic carbocycles. The highest BCUT2D eigenvalue weighted by Gasteiger charge is 2.14. The minimum Gasteiger partial charge on any atom is -0.355 e. The van der Waals surface area contributed by atoms with Gasteiger partial charge in [-0.25, -0.2) is 0 Å². The summed E-state index contributed by atoms with van der Waals surface area (Å²) in [6.07, 6.45) is 2.33. The number of hydrogen-bond donors (Lipinski definition) is 2. The van der Waals surface area contributed by atoms with Crippen molar-refractivity contribution >= 4 is 5.91 Å². The van der Waals surface area contributed by atoms with Crippen molar-refractivity contribution in [2.45, 2.75) is 19.5 Å². The summed E-state index contributed by atoms with van der Waals surface area (Å²) in [5.41, 5.74) is 7.76. The first-order valence-electron chi connectivity index (χ1n) is 5.91. The Morgan fingerprint density at radius 2 is 2.35 bits per heavy atom. The number of nitrogens with one attached hydrogen (secondary N) is 1. The Morgan fingerprint density at radius 3 is 3.18 bits per heavy atom. The first-order valence-corrected chi connectivity index (χ1v) is 5.91. The summed E-state index contributed by atoms with van der Waals surface area (Å²) in [5.74, 6) is 0.137. The van der Waals surface area contributed by atoms with Crippen LogP contribution in [-0.4, -0.2) is 35.4 Å². The monoisotopic (exact) mass is 234 g/mol. The predicted molar refractivity (Wildman–Crippen MR) is 65.0 cm³/mol.